The first kappa shape index (κ1) is 10.0. The summed E-state index contributed by atoms with van der Waals surface area (Å²) in [7, 11) is 0. The maximum absolute atomic E-state index is 11.1. The molecule has 0 radical (unpaired) electrons. The Hall–Kier alpha value is -0.0600. The fourth-order valence-electron chi connectivity index (χ4n) is 1.38. The van der Waals surface area contributed by atoms with Crippen LogP contribution in [0.1, 0.15) is 26.7 Å². The van der Waals surface area contributed by atoms with Crippen LogP contribution in [0.25, 0.3) is 0 Å². The van der Waals surface area contributed by atoms with E-state index in [2.05, 4.69) is 22.6 Å². The Labute approximate surface area is 86.5 Å². The van der Waals surface area contributed by atoms with Gasteiger partial charge in [-0.05, 0) is 37.2 Å². The lowest BCUT2D eigenvalue weighted by atomic mass is 10.0. The number of cyclic esters (lactones) is 1. The van der Waals surface area contributed by atoms with Gasteiger partial charge in [0.15, 0.2) is 0 Å². The van der Waals surface area contributed by atoms with Gasteiger partial charge < -0.3 is 4.74 Å². The zero-order valence-electron chi connectivity index (χ0n) is 7.39. The molecule has 0 saturated carbocycles. The number of ether oxygens (including phenoxy) is 1. The van der Waals surface area contributed by atoms with E-state index in [-0.39, 0.29) is 11.6 Å². The van der Waals surface area contributed by atoms with E-state index >= 15 is 0 Å². The summed E-state index contributed by atoms with van der Waals surface area (Å²) in [6.07, 6.45) is 3.95. The molecule has 2 nitrogen and oxygen atoms in total. The molecule has 0 spiro atoms. The molecule has 0 aliphatic carbocycles. The highest BCUT2D eigenvalue weighted by atomic mass is 127. The van der Waals surface area contributed by atoms with E-state index in [0.717, 1.165) is 22.8 Å². The standard InChI is InChI=1S/C9H13IO2/c1-7-6-9(2,4-3-5-10)12-8(7)11/h6H,3-5H2,1-2H3. The maximum Gasteiger partial charge on any atom is 0.334 e. The van der Waals surface area contributed by atoms with Gasteiger partial charge in [0.1, 0.15) is 5.60 Å². The van der Waals surface area contributed by atoms with Crippen molar-refractivity contribution in [2.75, 3.05) is 4.43 Å². The lowest BCUT2D eigenvalue weighted by Crippen LogP contribution is -2.23. The second kappa shape index (κ2) is 3.77. The van der Waals surface area contributed by atoms with Crippen molar-refractivity contribution in [3.8, 4) is 0 Å². The lowest BCUT2D eigenvalue weighted by molar-refractivity contribution is -0.145. The number of carbonyl (C=O) groups is 1. The predicted octanol–water partition coefficient (Wildman–Crippen LogP) is 2.46. The van der Waals surface area contributed by atoms with Crippen molar-refractivity contribution < 1.29 is 9.53 Å². The van der Waals surface area contributed by atoms with Crippen LogP contribution in [0.2, 0.25) is 0 Å². The van der Waals surface area contributed by atoms with Crippen LogP contribution in [-0.2, 0) is 9.53 Å². The molecule has 1 heterocycles. The fourth-order valence-corrected chi connectivity index (χ4v) is 1.76. The average molecular weight is 280 g/mol. The van der Waals surface area contributed by atoms with Crippen molar-refractivity contribution >= 4 is 28.6 Å². The van der Waals surface area contributed by atoms with Crippen LogP contribution in [0.3, 0.4) is 0 Å². The number of carbonyl (C=O) groups excluding carboxylic acids is 1. The predicted molar refractivity (Wildman–Crippen MR) is 56.4 cm³/mol. The van der Waals surface area contributed by atoms with Gasteiger partial charge in [-0.1, -0.05) is 22.6 Å². The lowest BCUT2D eigenvalue weighted by Gasteiger charge is -2.20. The van der Waals surface area contributed by atoms with Gasteiger partial charge in [-0.2, -0.15) is 0 Å². The summed E-state index contributed by atoms with van der Waals surface area (Å²) in [5.41, 5.74) is 0.415. The molecular formula is C9H13IO2. The van der Waals surface area contributed by atoms with Crippen LogP contribution in [0.4, 0.5) is 0 Å². The molecule has 1 rings (SSSR count). The van der Waals surface area contributed by atoms with Gasteiger partial charge in [-0.3, -0.25) is 0 Å². The highest BCUT2D eigenvalue weighted by molar-refractivity contribution is 14.1. The summed E-state index contributed by atoms with van der Waals surface area (Å²) in [4.78, 5) is 11.1. The first-order chi connectivity index (χ1) is 5.57. The van der Waals surface area contributed by atoms with E-state index in [1.807, 2.05) is 13.0 Å². The van der Waals surface area contributed by atoms with Gasteiger partial charge in [0, 0.05) is 5.57 Å². The molecule has 1 aliphatic rings. The van der Waals surface area contributed by atoms with Crippen LogP contribution in [0, 0.1) is 0 Å². The molecule has 0 saturated heterocycles. The largest absolute Gasteiger partial charge is 0.452 e. The van der Waals surface area contributed by atoms with E-state index in [0.29, 0.717) is 0 Å². The van der Waals surface area contributed by atoms with Crippen LogP contribution in [-0.4, -0.2) is 16.0 Å². The van der Waals surface area contributed by atoms with Gasteiger partial charge in [-0.15, -0.1) is 0 Å². The van der Waals surface area contributed by atoms with Crippen molar-refractivity contribution in [2.45, 2.75) is 32.3 Å². The van der Waals surface area contributed by atoms with Crippen molar-refractivity contribution in [3.63, 3.8) is 0 Å². The van der Waals surface area contributed by atoms with Crippen molar-refractivity contribution in [2.24, 2.45) is 0 Å². The summed E-state index contributed by atoms with van der Waals surface area (Å²) >= 11 is 2.33. The Kier molecular flexibility index (Phi) is 3.15. The van der Waals surface area contributed by atoms with Crippen LogP contribution in [0.5, 0.6) is 0 Å². The Morgan fingerprint density at radius 3 is 2.75 bits per heavy atom. The third-order valence-electron chi connectivity index (χ3n) is 1.98. The minimum atomic E-state index is -0.327. The molecule has 0 N–H and O–H groups in total. The molecule has 0 fully saturated rings. The molecule has 1 aliphatic heterocycles. The third-order valence-corrected chi connectivity index (χ3v) is 2.74. The Bertz CT molecular complexity index is 223. The quantitative estimate of drug-likeness (QED) is 0.451. The summed E-state index contributed by atoms with van der Waals surface area (Å²) < 4.78 is 6.34. The molecular weight excluding hydrogens is 267 g/mol. The SMILES string of the molecule is CC1=CC(C)(CCCI)OC1=O. The van der Waals surface area contributed by atoms with E-state index < -0.39 is 0 Å². The molecule has 3 heteroatoms. The zero-order valence-corrected chi connectivity index (χ0v) is 9.55. The van der Waals surface area contributed by atoms with Gasteiger partial charge in [0.2, 0.25) is 0 Å². The molecule has 68 valence electrons. The summed E-state index contributed by atoms with van der Waals surface area (Å²) in [5, 5.41) is 0. The highest BCUT2D eigenvalue weighted by Gasteiger charge is 2.32. The van der Waals surface area contributed by atoms with E-state index in [9.17, 15) is 4.79 Å². The van der Waals surface area contributed by atoms with Crippen molar-refractivity contribution in [3.05, 3.63) is 11.6 Å². The van der Waals surface area contributed by atoms with E-state index in [4.69, 9.17) is 4.74 Å². The molecule has 0 aromatic carbocycles. The highest BCUT2D eigenvalue weighted by Crippen LogP contribution is 2.28. The molecule has 0 bridgehead atoms. The van der Waals surface area contributed by atoms with E-state index in [1.54, 1.807) is 6.92 Å². The van der Waals surface area contributed by atoms with Gasteiger partial charge in [-0.25, -0.2) is 4.79 Å². The maximum atomic E-state index is 11.1. The smallest absolute Gasteiger partial charge is 0.334 e. The molecule has 0 aromatic rings. The molecule has 1 atom stereocenters. The molecule has 12 heavy (non-hydrogen) atoms. The first-order valence-electron chi connectivity index (χ1n) is 4.06. The number of esters is 1. The van der Waals surface area contributed by atoms with Crippen molar-refractivity contribution in [1.29, 1.82) is 0 Å². The Morgan fingerprint density at radius 2 is 2.33 bits per heavy atom. The van der Waals surface area contributed by atoms with Crippen LogP contribution in [0.15, 0.2) is 11.6 Å². The zero-order chi connectivity index (χ0) is 9.19. The van der Waals surface area contributed by atoms with E-state index in [1.165, 1.54) is 0 Å². The number of halogens is 1. The minimum Gasteiger partial charge on any atom is -0.452 e. The molecule has 1 unspecified atom stereocenters. The topological polar surface area (TPSA) is 26.3 Å². The fraction of sp³-hybridized carbons (Fsp3) is 0.667. The second-order valence-electron chi connectivity index (χ2n) is 3.32. The normalized spacial score (nSPS) is 28.6. The molecule has 0 aromatic heterocycles. The third kappa shape index (κ3) is 2.21. The average Bonchev–Trinajstić information content (AvgIpc) is 2.24. The number of rotatable bonds is 3. The van der Waals surface area contributed by atoms with Crippen LogP contribution < -0.4 is 0 Å². The van der Waals surface area contributed by atoms with Gasteiger partial charge in [0.25, 0.3) is 0 Å². The minimum absolute atomic E-state index is 0.161. The number of hydrogen-bond donors (Lipinski definition) is 0. The number of alkyl halides is 1. The first-order valence-corrected chi connectivity index (χ1v) is 5.59. The molecule has 0 amide bonds. The number of hydrogen-bond acceptors (Lipinski definition) is 2. The second-order valence-corrected chi connectivity index (χ2v) is 4.40. The van der Waals surface area contributed by atoms with Gasteiger partial charge in [0.05, 0.1) is 0 Å². The summed E-state index contributed by atoms with van der Waals surface area (Å²) in [6, 6.07) is 0. The summed E-state index contributed by atoms with van der Waals surface area (Å²) in [5.74, 6) is -0.161. The Balaban J connectivity index is 2.58. The van der Waals surface area contributed by atoms with Crippen molar-refractivity contribution in [1.82, 2.24) is 0 Å². The van der Waals surface area contributed by atoms with Gasteiger partial charge >= 0.3 is 5.97 Å². The van der Waals surface area contributed by atoms with Crippen LogP contribution >= 0.6 is 22.6 Å². The monoisotopic (exact) mass is 280 g/mol. The summed E-state index contributed by atoms with van der Waals surface area (Å²) in [6.45, 7) is 3.77. The Morgan fingerprint density at radius 1 is 1.67 bits per heavy atom.